The first-order chi connectivity index (χ1) is 12.9. The summed E-state index contributed by atoms with van der Waals surface area (Å²) in [5.74, 6) is 1.66. The molecule has 144 valence electrons. The average molecular weight is 379 g/mol. The Morgan fingerprint density at radius 2 is 2.11 bits per heavy atom. The third-order valence-electron chi connectivity index (χ3n) is 5.46. The summed E-state index contributed by atoms with van der Waals surface area (Å²) in [6.45, 7) is 0.267. The van der Waals surface area contributed by atoms with Crippen LogP contribution in [0.15, 0.2) is 30.9 Å². The van der Waals surface area contributed by atoms with E-state index in [1.807, 2.05) is 0 Å². The van der Waals surface area contributed by atoms with Crippen LogP contribution in [0.5, 0.6) is 0 Å². The number of alkyl halides is 3. The number of imidazole rings is 1. The van der Waals surface area contributed by atoms with Gasteiger partial charge in [-0.1, -0.05) is 6.42 Å². The number of nitrogens with one attached hydrogen (secondary N) is 2. The average Bonchev–Trinajstić information content (AvgIpc) is 3.36. The van der Waals surface area contributed by atoms with Gasteiger partial charge in [0.1, 0.15) is 12.1 Å². The summed E-state index contributed by atoms with van der Waals surface area (Å²) in [5.41, 5.74) is -0.233. The number of amides is 2. The SMILES string of the molecule is O=C(NCc1ccnc(-n2cnc(C(F)(F)F)c2)c1)NC1CC2CCC1C2. The predicted molar refractivity (Wildman–Crippen MR) is 91.0 cm³/mol. The summed E-state index contributed by atoms with van der Waals surface area (Å²) in [4.78, 5) is 19.6. The van der Waals surface area contributed by atoms with Gasteiger partial charge in [-0.05, 0) is 48.8 Å². The monoisotopic (exact) mass is 379 g/mol. The van der Waals surface area contributed by atoms with Gasteiger partial charge in [0.2, 0.25) is 0 Å². The Kier molecular flexibility index (Phi) is 4.53. The molecule has 0 spiro atoms. The molecule has 3 unspecified atom stereocenters. The number of hydrogen-bond donors (Lipinski definition) is 2. The Morgan fingerprint density at radius 1 is 1.26 bits per heavy atom. The molecule has 6 nitrogen and oxygen atoms in total. The molecule has 2 aromatic rings. The lowest BCUT2D eigenvalue weighted by molar-refractivity contribution is -0.140. The van der Waals surface area contributed by atoms with E-state index in [4.69, 9.17) is 0 Å². The van der Waals surface area contributed by atoms with E-state index in [-0.39, 0.29) is 18.6 Å². The quantitative estimate of drug-likeness (QED) is 0.857. The summed E-state index contributed by atoms with van der Waals surface area (Å²) in [6, 6.07) is 3.37. The van der Waals surface area contributed by atoms with E-state index < -0.39 is 11.9 Å². The molecule has 3 atom stereocenters. The molecule has 0 saturated heterocycles. The normalized spacial score (nSPS) is 24.2. The van der Waals surface area contributed by atoms with Gasteiger partial charge in [0, 0.05) is 25.0 Å². The van der Waals surface area contributed by atoms with Crippen molar-refractivity contribution in [2.75, 3.05) is 0 Å². The second-order valence-corrected chi connectivity index (χ2v) is 7.29. The second kappa shape index (κ2) is 6.86. The molecule has 2 aromatic heterocycles. The van der Waals surface area contributed by atoms with E-state index >= 15 is 0 Å². The van der Waals surface area contributed by atoms with Crippen LogP contribution < -0.4 is 10.6 Å². The number of aromatic nitrogens is 3. The molecule has 2 bridgehead atoms. The Labute approximate surface area is 154 Å². The standard InChI is InChI=1S/C18H20F3N5O/c19-18(20,21)15-9-26(10-24-15)16-7-12(3-4-22-16)8-23-17(27)25-14-6-11-1-2-13(14)5-11/h3-4,7,9-11,13-14H,1-2,5-6,8H2,(H2,23,25,27). The van der Waals surface area contributed by atoms with Crippen molar-refractivity contribution in [1.29, 1.82) is 0 Å². The summed E-state index contributed by atoms with van der Waals surface area (Å²) in [7, 11) is 0. The van der Waals surface area contributed by atoms with Crippen LogP contribution in [0.1, 0.15) is 36.9 Å². The lowest BCUT2D eigenvalue weighted by Gasteiger charge is -2.23. The van der Waals surface area contributed by atoms with E-state index in [2.05, 4.69) is 20.6 Å². The van der Waals surface area contributed by atoms with E-state index in [9.17, 15) is 18.0 Å². The van der Waals surface area contributed by atoms with Crippen LogP contribution in [0.25, 0.3) is 5.82 Å². The van der Waals surface area contributed by atoms with Crippen molar-refractivity contribution < 1.29 is 18.0 Å². The number of carbonyl (C=O) groups is 1. The van der Waals surface area contributed by atoms with Crippen molar-refractivity contribution in [1.82, 2.24) is 25.2 Å². The highest BCUT2D eigenvalue weighted by Crippen LogP contribution is 2.44. The van der Waals surface area contributed by atoms with Crippen LogP contribution >= 0.6 is 0 Å². The van der Waals surface area contributed by atoms with Crippen molar-refractivity contribution >= 4 is 6.03 Å². The van der Waals surface area contributed by atoms with Crippen molar-refractivity contribution in [2.24, 2.45) is 11.8 Å². The number of fused-ring (bicyclic) bond motifs is 2. The van der Waals surface area contributed by atoms with Crippen LogP contribution in [-0.4, -0.2) is 26.6 Å². The van der Waals surface area contributed by atoms with Crippen LogP contribution in [0.2, 0.25) is 0 Å². The van der Waals surface area contributed by atoms with Gasteiger partial charge < -0.3 is 10.6 Å². The van der Waals surface area contributed by atoms with E-state index in [0.717, 1.165) is 30.4 Å². The third-order valence-corrected chi connectivity index (χ3v) is 5.46. The molecular weight excluding hydrogens is 359 g/mol. The lowest BCUT2D eigenvalue weighted by Crippen LogP contribution is -2.44. The van der Waals surface area contributed by atoms with Gasteiger partial charge in [0.15, 0.2) is 5.69 Å². The predicted octanol–water partition coefficient (Wildman–Crippen LogP) is 3.27. The third kappa shape index (κ3) is 3.91. The second-order valence-electron chi connectivity index (χ2n) is 7.29. The molecule has 9 heteroatoms. The minimum Gasteiger partial charge on any atom is -0.335 e. The maximum Gasteiger partial charge on any atom is 0.434 e. The van der Waals surface area contributed by atoms with Crippen LogP contribution in [-0.2, 0) is 12.7 Å². The zero-order valence-electron chi connectivity index (χ0n) is 14.5. The smallest absolute Gasteiger partial charge is 0.335 e. The molecule has 2 N–H and O–H groups in total. The zero-order valence-corrected chi connectivity index (χ0v) is 14.5. The molecule has 2 saturated carbocycles. The topological polar surface area (TPSA) is 71.8 Å². The van der Waals surface area contributed by atoms with Crippen LogP contribution in [0.3, 0.4) is 0 Å². The molecule has 0 aromatic carbocycles. The van der Waals surface area contributed by atoms with Gasteiger partial charge >= 0.3 is 12.2 Å². The Balaban J connectivity index is 1.35. The largest absolute Gasteiger partial charge is 0.434 e. The Hall–Kier alpha value is -2.58. The first-order valence-electron chi connectivity index (χ1n) is 8.99. The Morgan fingerprint density at radius 3 is 2.78 bits per heavy atom. The number of carbonyl (C=O) groups excluding carboxylic acids is 1. The first-order valence-corrected chi connectivity index (χ1v) is 8.99. The molecule has 0 radical (unpaired) electrons. The maximum absolute atomic E-state index is 12.7. The van der Waals surface area contributed by atoms with E-state index in [1.165, 1.54) is 30.0 Å². The van der Waals surface area contributed by atoms with Crippen molar-refractivity contribution in [2.45, 2.75) is 44.4 Å². The van der Waals surface area contributed by atoms with Gasteiger partial charge in [-0.25, -0.2) is 14.8 Å². The number of urea groups is 1. The van der Waals surface area contributed by atoms with E-state index in [0.29, 0.717) is 11.7 Å². The Bertz CT molecular complexity index is 834. The first kappa shape index (κ1) is 17.8. The molecule has 2 heterocycles. The molecular formula is C18H20F3N5O. The van der Waals surface area contributed by atoms with Gasteiger partial charge in [0.25, 0.3) is 0 Å². The van der Waals surface area contributed by atoms with Crippen molar-refractivity contribution in [3.63, 3.8) is 0 Å². The molecule has 27 heavy (non-hydrogen) atoms. The summed E-state index contributed by atoms with van der Waals surface area (Å²) in [6.07, 6.45) is 3.69. The van der Waals surface area contributed by atoms with E-state index in [1.54, 1.807) is 12.1 Å². The van der Waals surface area contributed by atoms with Gasteiger partial charge in [-0.15, -0.1) is 0 Å². The number of hydrogen-bond acceptors (Lipinski definition) is 3. The molecule has 2 fully saturated rings. The fraction of sp³-hybridized carbons (Fsp3) is 0.500. The molecule has 2 amide bonds. The molecule has 2 aliphatic carbocycles. The fourth-order valence-corrected chi connectivity index (χ4v) is 4.13. The number of pyridine rings is 1. The number of nitrogens with zero attached hydrogens (tertiary/aromatic N) is 3. The summed E-state index contributed by atoms with van der Waals surface area (Å²) in [5, 5.41) is 5.85. The van der Waals surface area contributed by atoms with Crippen molar-refractivity contribution in [3.8, 4) is 5.82 Å². The minimum absolute atomic E-state index is 0.215. The molecule has 0 aliphatic heterocycles. The van der Waals surface area contributed by atoms with Crippen molar-refractivity contribution in [3.05, 3.63) is 42.1 Å². The minimum atomic E-state index is -4.50. The highest BCUT2D eigenvalue weighted by molar-refractivity contribution is 5.74. The van der Waals surface area contributed by atoms with Crippen LogP contribution in [0.4, 0.5) is 18.0 Å². The van der Waals surface area contributed by atoms with Gasteiger partial charge in [-0.3, -0.25) is 4.57 Å². The summed E-state index contributed by atoms with van der Waals surface area (Å²) >= 11 is 0. The number of rotatable bonds is 4. The zero-order chi connectivity index (χ0) is 19.0. The van der Waals surface area contributed by atoms with Gasteiger partial charge in [0.05, 0.1) is 0 Å². The summed E-state index contributed by atoms with van der Waals surface area (Å²) < 4.78 is 39.2. The maximum atomic E-state index is 12.7. The highest BCUT2D eigenvalue weighted by atomic mass is 19.4. The molecule has 2 aliphatic rings. The van der Waals surface area contributed by atoms with Gasteiger partial charge in [-0.2, -0.15) is 13.2 Å². The van der Waals surface area contributed by atoms with Crippen LogP contribution in [0, 0.1) is 11.8 Å². The number of halogens is 3. The fourth-order valence-electron chi connectivity index (χ4n) is 4.13. The lowest BCUT2D eigenvalue weighted by atomic mass is 9.95. The molecule has 4 rings (SSSR count). The highest BCUT2D eigenvalue weighted by Gasteiger charge is 2.40.